The first-order valence-electron chi connectivity index (χ1n) is 5.02. The number of rotatable bonds is 2. The minimum absolute atomic E-state index is 0.193. The smallest absolute Gasteiger partial charge is 0.275 e. The number of hydrogen-bond acceptors (Lipinski definition) is 3. The lowest BCUT2D eigenvalue weighted by atomic mass is 10.1. The molecule has 0 saturated carbocycles. The summed E-state index contributed by atoms with van der Waals surface area (Å²) in [6.07, 6.45) is 0. The van der Waals surface area contributed by atoms with Crippen molar-refractivity contribution in [3.8, 4) is 11.3 Å². The quantitative estimate of drug-likeness (QED) is 0.823. The lowest BCUT2D eigenvalue weighted by Crippen LogP contribution is -2.21. The highest BCUT2D eigenvalue weighted by Gasteiger charge is 2.15. The van der Waals surface area contributed by atoms with Crippen LogP contribution >= 0.6 is 11.6 Å². The van der Waals surface area contributed by atoms with E-state index >= 15 is 0 Å². The predicted octanol–water partition coefficient (Wildman–Crippen LogP) is 2.70. The van der Waals surface area contributed by atoms with Gasteiger partial charge in [-0.15, -0.1) is 0 Å². The molecule has 0 aliphatic heterocycles. The third-order valence-corrected chi connectivity index (χ3v) is 2.48. The molecule has 0 saturated heterocycles. The number of hydrogen-bond donors (Lipinski definition) is 0. The molecule has 0 aliphatic rings. The first-order valence-corrected chi connectivity index (χ1v) is 5.40. The van der Waals surface area contributed by atoms with Crippen LogP contribution < -0.4 is 0 Å². The second-order valence-electron chi connectivity index (χ2n) is 3.79. The lowest BCUT2D eigenvalue weighted by molar-refractivity contribution is 0.0817. The number of carbonyl (C=O) groups is 1. The highest BCUT2D eigenvalue weighted by molar-refractivity contribution is 6.30. The van der Waals surface area contributed by atoms with E-state index in [1.165, 1.54) is 4.90 Å². The monoisotopic (exact) mass is 250 g/mol. The van der Waals surface area contributed by atoms with Crippen molar-refractivity contribution in [1.29, 1.82) is 0 Å². The highest BCUT2D eigenvalue weighted by atomic mass is 35.5. The molecule has 1 aromatic carbocycles. The van der Waals surface area contributed by atoms with E-state index in [-0.39, 0.29) is 11.6 Å². The molecule has 2 aromatic rings. The van der Waals surface area contributed by atoms with Gasteiger partial charge in [-0.1, -0.05) is 28.9 Å². The fraction of sp³-hybridized carbons (Fsp3) is 0.167. The Balaban J connectivity index is 2.33. The maximum absolute atomic E-state index is 11.6. The molecule has 0 fully saturated rings. The fourth-order valence-electron chi connectivity index (χ4n) is 1.38. The average molecular weight is 251 g/mol. The molecule has 0 spiro atoms. The van der Waals surface area contributed by atoms with Crippen molar-refractivity contribution in [2.45, 2.75) is 0 Å². The van der Waals surface area contributed by atoms with E-state index in [1.807, 2.05) is 12.1 Å². The molecular formula is C12H11ClN2O2. The van der Waals surface area contributed by atoms with Crippen molar-refractivity contribution in [1.82, 2.24) is 10.1 Å². The van der Waals surface area contributed by atoms with Gasteiger partial charge in [0.05, 0.1) is 0 Å². The molecule has 1 aromatic heterocycles. The van der Waals surface area contributed by atoms with E-state index in [1.54, 1.807) is 32.3 Å². The van der Waals surface area contributed by atoms with Crippen LogP contribution in [0.5, 0.6) is 0 Å². The topological polar surface area (TPSA) is 46.3 Å². The molecule has 17 heavy (non-hydrogen) atoms. The fourth-order valence-corrected chi connectivity index (χ4v) is 1.57. The van der Waals surface area contributed by atoms with Crippen LogP contribution in [0, 0.1) is 0 Å². The third-order valence-electron chi connectivity index (χ3n) is 2.24. The summed E-state index contributed by atoms with van der Waals surface area (Å²) in [4.78, 5) is 13.1. The summed E-state index contributed by atoms with van der Waals surface area (Å²) < 4.78 is 5.12. The van der Waals surface area contributed by atoms with E-state index in [0.29, 0.717) is 10.8 Å². The van der Waals surface area contributed by atoms with Gasteiger partial charge in [0.2, 0.25) is 0 Å². The number of carbonyl (C=O) groups excluding carboxylic acids is 1. The molecule has 88 valence electrons. The Morgan fingerprint density at radius 2 is 2.12 bits per heavy atom. The average Bonchev–Trinajstić information content (AvgIpc) is 2.77. The van der Waals surface area contributed by atoms with Crippen molar-refractivity contribution in [3.63, 3.8) is 0 Å². The molecule has 0 bridgehead atoms. The Hall–Kier alpha value is -1.81. The van der Waals surface area contributed by atoms with Gasteiger partial charge in [0.1, 0.15) is 0 Å². The zero-order valence-corrected chi connectivity index (χ0v) is 10.2. The predicted molar refractivity (Wildman–Crippen MR) is 65.0 cm³/mol. The first kappa shape index (κ1) is 11.7. The largest absolute Gasteiger partial charge is 0.355 e. The second kappa shape index (κ2) is 4.59. The van der Waals surface area contributed by atoms with Crippen LogP contribution in [-0.4, -0.2) is 30.1 Å². The van der Waals surface area contributed by atoms with Gasteiger partial charge in [-0.05, 0) is 12.1 Å². The van der Waals surface area contributed by atoms with E-state index in [9.17, 15) is 4.79 Å². The van der Waals surface area contributed by atoms with Gasteiger partial charge in [0.15, 0.2) is 11.5 Å². The van der Waals surface area contributed by atoms with Gasteiger partial charge in [-0.3, -0.25) is 4.79 Å². The molecule has 0 unspecified atom stereocenters. The van der Waals surface area contributed by atoms with E-state index in [0.717, 1.165) is 5.56 Å². The van der Waals surface area contributed by atoms with Crippen LogP contribution in [-0.2, 0) is 0 Å². The Labute approximate surface area is 104 Å². The molecule has 2 rings (SSSR count). The van der Waals surface area contributed by atoms with Gasteiger partial charge in [-0.25, -0.2) is 0 Å². The minimum atomic E-state index is -0.193. The molecular weight excluding hydrogens is 240 g/mol. The number of benzene rings is 1. The molecule has 0 N–H and O–H groups in total. The summed E-state index contributed by atoms with van der Waals surface area (Å²) in [6.45, 7) is 0. The van der Waals surface area contributed by atoms with Crippen LogP contribution in [0.1, 0.15) is 10.5 Å². The van der Waals surface area contributed by atoms with E-state index in [2.05, 4.69) is 5.16 Å². The molecule has 4 nitrogen and oxygen atoms in total. The van der Waals surface area contributed by atoms with Crippen LogP contribution in [0.15, 0.2) is 34.9 Å². The normalized spacial score (nSPS) is 10.3. The SMILES string of the molecule is CN(C)C(=O)c1cc(-c2cccc(Cl)c2)on1. The Kier molecular flexibility index (Phi) is 3.15. The standard InChI is InChI=1S/C12H11ClN2O2/c1-15(2)12(16)10-7-11(17-14-10)8-4-3-5-9(13)6-8/h3-7H,1-2H3. The molecule has 0 aliphatic carbocycles. The van der Waals surface area contributed by atoms with E-state index < -0.39 is 0 Å². The highest BCUT2D eigenvalue weighted by Crippen LogP contribution is 2.23. The molecule has 1 amide bonds. The summed E-state index contributed by atoms with van der Waals surface area (Å²) in [5.74, 6) is 0.333. The minimum Gasteiger partial charge on any atom is -0.355 e. The number of amides is 1. The molecule has 0 atom stereocenters. The molecule has 5 heteroatoms. The lowest BCUT2D eigenvalue weighted by Gasteiger charge is -2.05. The summed E-state index contributed by atoms with van der Waals surface area (Å²) in [6, 6.07) is 8.79. The van der Waals surface area contributed by atoms with Crippen molar-refractivity contribution in [2.75, 3.05) is 14.1 Å². The zero-order chi connectivity index (χ0) is 12.4. The van der Waals surface area contributed by atoms with Crippen LogP contribution in [0.4, 0.5) is 0 Å². The molecule has 0 radical (unpaired) electrons. The maximum atomic E-state index is 11.6. The summed E-state index contributed by atoms with van der Waals surface area (Å²) in [7, 11) is 3.33. The summed E-state index contributed by atoms with van der Waals surface area (Å²) >= 11 is 5.88. The Bertz CT molecular complexity index is 549. The third kappa shape index (κ3) is 2.47. The van der Waals surface area contributed by atoms with E-state index in [4.69, 9.17) is 16.1 Å². The Morgan fingerprint density at radius 1 is 1.35 bits per heavy atom. The summed E-state index contributed by atoms with van der Waals surface area (Å²) in [5.41, 5.74) is 1.08. The van der Waals surface area contributed by atoms with Gasteiger partial charge >= 0.3 is 0 Å². The van der Waals surface area contributed by atoms with Crippen LogP contribution in [0.2, 0.25) is 5.02 Å². The number of halogens is 1. The zero-order valence-electron chi connectivity index (χ0n) is 9.48. The van der Waals surface area contributed by atoms with Gasteiger partial charge in [-0.2, -0.15) is 0 Å². The van der Waals surface area contributed by atoms with Gasteiger partial charge in [0, 0.05) is 30.7 Å². The Morgan fingerprint density at radius 3 is 2.76 bits per heavy atom. The van der Waals surface area contributed by atoms with Gasteiger partial charge in [0.25, 0.3) is 5.91 Å². The number of nitrogens with zero attached hydrogens (tertiary/aromatic N) is 2. The van der Waals surface area contributed by atoms with Crippen molar-refractivity contribution in [3.05, 3.63) is 41.0 Å². The first-order chi connectivity index (χ1) is 8.08. The van der Waals surface area contributed by atoms with Crippen LogP contribution in [0.25, 0.3) is 11.3 Å². The number of aromatic nitrogens is 1. The maximum Gasteiger partial charge on any atom is 0.275 e. The van der Waals surface area contributed by atoms with Crippen molar-refractivity contribution >= 4 is 17.5 Å². The van der Waals surface area contributed by atoms with Crippen LogP contribution in [0.3, 0.4) is 0 Å². The van der Waals surface area contributed by atoms with Crippen molar-refractivity contribution < 1.29 is 9.32 Å². The van der Waals surface area contributed by atoms with Crippen molar-refractivity contribution in [2.24, 2.45) is 0 Å². The molecule has 1 heterocycles. The second-order valence-corrected chi connectivity index (χ2v) is 4.22. The van der Waals surface area contributed by atoms with Gasteiger partial charge < -0.3 is 9.42 Å². The summed E-state index contributed by atoms with van der Waals surface area (Å²) in [5, 5.41) is 4.34.